The Hall–Kier alpha value is 0.480. The minimum atomic E-state index is -2.48. The van der Waals surface area contributed by atoms with Crippen molar-refractivity contribution < 1.29 is 6.85 Å². The van der Waals surface area contributed by atoms with E-state index in [1.807, 2.05) is 0 Å². The van der Waals surface area contributed by atoms with Gasteiger partial charge in [0.15, 0.2) is 0 Å². The number of hydrogen-bond donors (Lipinski definition) is 0. The van der Waals surface area contributed by atoms with Crippen LogP contribution < -0.4 is 0 Å². The fraction of sp³-hybridized carbons (Fsp3) is 1.00. The Morgan fingerprint density at radius 2 is 1.55 bits per heavy atom. The highest BCUT2D eigenvalue weighted by Crippen LogP contribution is 2.08. The first-order chi connectivity index (χ1) is 7.31. The number of halogens is 1. The molecule has 0 aliphatic rings. The van der Waals surface area contributed by atoms with Crippen LogP contribution in [0.3, 0.4) is 0 Å². The molecule has 0 aromatic carbocycles. The van der Waals surface area contributed by atoms with Gasteiger partial charge in [-0.05, 0) is 6.42 Å². The van der Waals surface area contributed by atoms with Crippen molar-refractivity contribution in [2.45, 2.75) is 58.2 Å². The van der Waals surface area contributed by atoms with Crippen LogP contribution in [-0.2, 0) is 0 Å². The molecule has 0 aromatic rings. The minimum Gasteiger partial charge on any atom is -0.0928 e. The molecule has 0 atom stereocenters. The van der Waals surface area contributed by atoms with Crippen LogP contribution in [0.15, 0.2) is 0 Å². The van der Waals surface area contributed by atoms with Crippen LogP contribution >= 0.6 is 15.9 Å². The van der Waals surface area contributed by atoms with Crippen molar-refractivity contribution in [3.63, 3.8) is 0 Å². The maximum Gasteiger partial charge on any atom is 0.0264 e. The van der Waals surface area contributed by atoms with Gasteiger partial charge in [-0.25, -0.2) is 0 Å². The van der Waals surface area contributed by atoms with Crippen LogP contribution in [0.4, 0.5) is 0 Å². The van der Waals surface area contributed by atoms with E-state index in [-0.39, 0.29) is 6.42 Å². The lowest BCUT2D eigenvalue weighted by Gasteiger charge is -1.98. The first kappa shape index (κ1) is 5.26. The van der Waals surface area contributed by atoms with E-state index < -0.39 is 13.2 Å². The quantitative estimate of drug-likeness (QED) is 0.421. The fourth-order valence-electron chi connectivity index (χ4n) is 1.01. The molecule has 0 nitrogen and oxygen atoms in total. The summed E-state index contributed by atoms with van der Waals surface area (Å²) < 4.78 is 36.0. The molecule has 1 heteroatoms. The largest absolute Gasteiger partial charge is 0.0928 e. The van der Waals surface area contributed by atoms with Gasteiger partial charge in [0.2, 0.25) is 0 Å². The summed E-state index contributed by atoms with van der Waals surface area (Å²) in [4.78, 5) is 0. The average Bonchev–Trinajstić information content (AvgIpc) is 2.14. The highest BCUT2D eigenvalue weighted by molar-refractivity contribution is 9.09. The molecule has 0 saturated heterocycles. The Balaban J connectivity index is 3.51. The predicted octanol–water partition coefficient (Wildman–Crippen LogP) is 4.52. The van der Waals surface area contributed by atoms with E-state index in [1.54, 1.807) is 0 Å². The van der Waals surface area contributed by atoms with E-state index in [2.05, 4.69) is 15.9 Å². The number of rotatable bonds is 8. The average molecular weight is 226 g/mol. The summed E-state index contributed by atoms with van der Waals surface area (Å²) in [5, 5.41) is 1.04. The van der Waals surface area contributed by atoms with Gasteiger partial charge in [0.05, 0.1) is 0 Å². The summed E-state index contributed by atoms with van der Waals surface area (Å²) in [7, 11) is 0. The SMILES string of the molecule is [2H]C([2H])([2H])C([2H])([2H])CCCCCCCCBr. The first-order valence-corrected chi connectivity index (χ1v) is 5.49. The van der Waals surface area contributed by atoms with Crippen molar-refractivity contribution in [2.75, 3.05) is 5.33 Å². The highest BCUT2D eigenvalue weighted by atomic mass is 79.9. The molecule has 0 unspecified atom stereocenters. The van der Waals surface area contributed by atoms with E-state index in [1.165, 1.54) is 12.8 Å². The Bertz CT molecular complexity index is 179. The van der Waals surface area contributed by atoms with Crippen LogP contribution in [0.1, 0.15) is 65.0 Å². The lowest BCUT2D eigenvalue weighted by molar-refractivity contribution is 0.587. The summed E-state index contributed by atoms with van der Waals surface area (Å²) in [5.74, 6) is 0. The van der Waals surface area contributed by atoms with E-state index in [9.17, 15) is 0 Å². The molecule has 0 aliphatic heterocycles. The maximum absolute atomic E-state index is 7.42. The number of hydrogen-bond acceptors (Lipinski definition) is 0. The van der Waals surface area contributed by atoms with Crippen LogP contribution in [0, 0.1) is 0 Å². The van der Waals surface area contributed by atoms with Crippen LogP contribution in [-0.4, -0.2) is 5.33 Å². The Labute approximate surface area is 86.9 Å². The highest BCUT2D eigenvalue weighted by Gasteiger charge is 1.89. The summed E-state index contributed by atoms with van der Waals surface area (Å²) in [6, 6.07) is 0. The van der Waals surface area contributed by atoms with Gasteiger partial charge >= 0.3 is 0 Å². The van der Waals surface area contributed by atoms with Crippen molar-refractivity contribution in [1.82, 2.24) is 0 Å². The maximum atomic E-state index is 7.42. The summed E-state index contributed by atoms with van der Waals surface area (Å²) in [6.45, 7) is -2.48. The molecule has 0 amide bonds. The Morgan fingerprint density at radius 1 is 1.00 bits per heavy atom. The molecule has 0 aromatic heterocycles. The van der Waals surface area contributed by atoms with Gasteiger partial charge in [0.1, 0.15) is 0 Å². The molecule has 0 fully saturated rings. The first-order valence-electron chi connectivity index (χ1n) is 6.87. The topological polar surface area (TPSA) is 0 Å². The van der Waals surface area contributed by atoms with E-state index >= 15 is 0 Å². The monoisotopic (exact) mass is 225 g/mol. The van der Waals surface area contributed by atoms with Crippen molar-refractivity contribution in [2.24, 2.45) is 0 Å². The second-order valence-corrected chi connectivity index (χ2v) is 3.53. The Morgan fingerprint density at radius 3 is 2.09 bits per heavy atom. The standard InChI is InChI=1S/C10H21Br/c1-2-3-4-5-6-7-8-9-10-11/h2-10H2,1H3/i1D3,2D2. The number of unbranched alkanes of at least 4 members (excludes halogenated alkanes) is 5. The Kier molecular flexibility index (Phi) is 5.01. The van der Waals surface area contributed by atoms with E-state index in [0.29, 0.717) is 6.42 Å². The minimum absolute atomic E-state index is 0.141. The fourth-order valence-corrected chi connectivity index (χ4v) is 1.41. The van der Waals surface area contributed by atoms with Crippen molar-refractivity contribution in [3.8, 4) is 0 Å². The molecule has 11 heavy (non-hydrogen) atoms. The molecular formula is C10H21Br. The third-order valence-corrected chi connectivity index (χ3v) is 2.25. The van der Waals surface area contributed by atoms with E-state index in [4.69, 9.17) is 6.85 Å². The van der Waals surface area contributed by atoms with Gasteiger partial charge in [-0.15, -0.1) is 0 Å². The van der Waals surface area contributed by atoms with Crippen molar-refractivity contribution in [3.05, 3.63) is 0 Å². The van der Waals surface area contributed by atoms with Gasteiger partial charge in [-0.2, -0.15) is 0 Å². The van der Waals surface area contributed by atoms with Crippen LogP contribution in [0.2, 0.25) is 0 Å². The molecule has 0 N–H and O–H groups in total. The predicted molar refractivity (Wildman–Crippen MR) is 56.4 cm³/mol. The lowest BCUT2D eigenvalue weighted by Crippen LogP contribution is -1.80. The van der Waals surface area contributed by atoms with Gasteiger partial charge in [-0.3, -0.25) is 0 Å². The van der Waals surface area contributed by atoms with Gasteiger partial charge in [0.25, 0.3) is 0 Å². The molecular weight excluding hydrogens is 200 g/mol. The molecule has 0 rings (SSSR count). The van der Waals surface area contributed by atoms with Gasteiger partial charge < -0.3 is 0 Å². The summed E-state index contributed by atoms with van der Waals surface area (Å²) in [5.41, 5.74) is 0. The number of alkyl halides is 1. The second-order valence-electron chi connectivity index (χ2n) is 2.74. The lowest BCUT2D eigenvalue weighted by atomic mass is 10.1. The molecule has 0 spiro atoms. The molecule has 0 radical (unpaired) electrons. The van der Waals surface area contributed by atoms with Crippen molar-refractivity contribution >= 4 is 15.9 Å². The second kappa shape index (κ2) is 10.5. The molecule has 0 aliphatic carbocycles. The molecule has 0 heterocycles. The summed E-state index contributed by atoms with van der Waals surface area (Å²) >= 11 is 3.37. The molecule has 0 saturated carbocycles. The van der Waals surface area contributed by atoms with E-state index in [0.717, 1.165) is 24.6 Å². The zero-order valence-corrected chi connectivity index (χ0v) is 8.62. The summed E-state index contributed by atoms with van der Waals surface area (Å²) in [6.07, 6.45) is 4.31. The zero-order chi connectivity index (χ0) is 12.7. The molecule has 68 valence electrons. The third-order valence-electron chi connectivity index (χ3n) is 1.69. The van der Waals surface area contributed by atoms with Gasteiger partial charge in [-0.1, -0.05) is 67.7 Å². The third kappa shape index (κ3) is 10.5. The van der Waals surface area contributed by atoms with Crippen molar-refractivity contribution in [1.29, 1.82) is 0 Å². The normalized spacial score (nSPS) is 19.5. The van der Waals surface area contributed by atoms with Crippen LogP contribution in [0.5, 0.6) is 0 Å². The van der Waals surface area contributed by atoms with Gasteiger partial charge in [0, 0.05) is 12.2 Å². The zero-order valence-electron chi connectivity index (χ0n) is 12.0. The van der Waals surface area contributed by atoms with Crippen LogP contribution in [0.25, 0.3) is 0 Å². The smallest absolute Gasteiger partial charge is 0.0264 e. The molecule has 0 bridgehead atoms.